The summed E-state index contributed by atoms with van der Waals surface area (Å²) in [7, 11) is 0. The summed E-state index contributed by atoms with van der Waals surface area (Å²) in [4.78, 5) is 23.0. The topological polar surface area (TPSA) is 81.7 Å². The van der Waals surface area contributed by atoms with Crippen LogP contribution >= 0.6 is 0 Å². The van der Waals surface area contributed by atoms with Crippen molar-refractivity contribution >= 4 is 16.7 Å². The molecular weight excluding hydrogens is 385 g/mol. The summed E-state index contributed by atoms with van der Waals surface area (Å²) in [6.45, 7) is 5.87. The van der Waals surface area contributed by atoms with Crippen molar-refractivity contribution in [2.45, 2.75) is 20.4 Å². The first-order chi connectivity index (χ1) is 14.5. The summed E-state index contributed by atoms with van der Waals surface area (Å²) in [6, 6.07) is 9.72. The van der Waals surface area contributed by atoms with Crippen LogP contribution in [0.5, 0.6) is 0 Å². The standard InChI is InChI=1S/C21H20FN7O/c1-13-7-14(2)29(25-13)19-5-6-20(30)28(26-19)11-15-9-27(10-15)21-17-4-3-16(22)8-18(17)23-12-24-21/h3-8,12,15H,9-11H2,1-2H3. The Morgan fingerprint density at radius 2 is 1.90 bits per heavy atom. The van der Waals surface area contributed by atoms with Crippen LogP contribution in [0.3, 0.4) is 0 Å². The van der Waals surface area contributed by atoms with E-state index < -0.39 is 0 Å². The molecule has 5 rings (SSSR count). The van der Waals surface area contributed by atoms with Gasteiger partial charge in [0.05, 0.1) is 17.8 Å². The van der Waals surface area contributed by atoms with E-state index in [0.29, 0.717) is 17.9 Å². The van der Waals surface area contributed by atoms with Crippen LogP contribution in [0.25, 0.3) is 16.7 Å². The lowest BCUT2D eigenvalue weighted by Gasteiger charge is -2.40. The summed E-state index contributed by atoms with van der Waals surface area (Å²) < 4.78 is 16.7. The number of fused-ring (bicyclic) bond motifs is 1. The van der Waals surface area contributed by atoms with Gasteiger partial charge in [-0.25, -0.2) is 23.7 Å². The largest absolute Gasteiger partial charge is 0.355 e. The quantitative estimate of drug-likeness (QED) is 0.518. The second-order valence-electron chi connectivity index (χ2n) is 7.68. The van der Waals surface area contributed by atoms with Gasteiger partial charge in [0.15, 0.2) is 5.82 Å². The number of hydrogen-bond donors (Lipinski definition) is 0. The molecule has 0 amide bonds. The number of nitrogens with zero attached hydrogens (tertiary/aromatic N) is 7. The predicted molar refractivity (Wildman–Crippen MR) is 110 cm³/mol. The van der Waals surface area contributed by atoms with Crippen LogP contribution in [0.2, 0.25) is 0 Å². The Balaban J connectivity index is 1.34. The first-order valence-corrected chi connectivity index (χ1v) is 9.75. The normalized spacial score (nSPS) is 14.3. The molecule has 30 heavy (non-hydrogen) atoms. The molecule has 4 aromatic rings. The Labute approximate surface area is 171 Å². The van der Waals surface area contributed by atoms with Gasteiger partial charge in [-0.2, -0.15) is 5.10 Å². The minimum atomic E-state index is -0.318. The molecule has 0 spiro atoms. The van der Waals surface area contributed by atoms with Gasteiger partial charge < -0.3 is 4.90 Å². The second-order valence-corrected chi connectivity index (χ2v) is 7.68. The fourth-order valence-corrected chi connectivity index (χ4v) is 3.91. The number of aryl methyl sites for hydroxylation is 2. The maximum absolute atomic E-state index is 13.5. The van der Waals surface area contributed by atoms with E-state index in [1.165, 1.54) is 29.2 Å². The Bertz CT molecular complexity index is 1310. The molecule has 152 valence electrons. The molecule has 0 unspecified atom stereocenters. The number of aromatic nitrogens is 6. The molecule has 0 radical (unpaired) electrons. The molecule has 1 fully saturated rings. The summed E-state index contributed by atoms with van der Waals surface area (Å²) in [5.41, 5.74) is 2.31. The summed E-state index contributed by atoms with van der Waals surface area (Å²) in [6.07, 6.45) is 1.45. The van der Waals surface area contributed by atoms with E-state index in [-0.39, 0.29) is 17.3 Å². The molecule has 3 aromatic heterocycles. The first kappa shape index (κ1) is 18.4. The molecular formula is C21H20FN7O. The maximum atomic E-state index is 13.5. The average molecular weight is 405 g/mol. The van der Waals surface area contributed by atoms with Gasteiger partial charge >= 0.3 is 0 Å². The van der Waals surface area contributed by atoms with Crippen LogP contribution in [0.1, 0.15) is 11.4 Å². The van der Waals surface area contributed by atoms with E-state index in [1.807, 2.05) is 19.9 Å². The minimum Gasteiger partial charge on any atom is -0.355 e. The van der Waals surface area contributed by atoms with E-state index in [1.54, 1.807) is 16.8 Å². The van der Waals surface area contributed by atoms with E-state index in [2.05, 4.69) is 25.1 Å². The molecule has 1 aromatic carbocycles. The molecule has 0 N–H and O–H groups in total. The molecule has 9 heteroatoms. The van der Waals surface area contributed by atoms with Crippen molar-refractivity contribution in [1.82, 2.24) is 29.5 Å². The summed E-state index contributed by atoms with van der Waals surface area (Å²) in [5.74, 6) is 1.35. The number of halogens is 1. The fraction of sp³-hybridized carbons (Fsp3) is 0.286. The average Bonchev–Trinajstić information content (AvgIpc) is 3.03. The van der Waals surface area contributed by atoms with Gasteiger partial charge in [0, 0.05) is 42.2 Å². The molecule has 1 aliphatic heterocycles. The zero-order valence-electron chi connectivity index (χ0n) is 16.7. The maximum Gasteiger partial charge on any atom is 0.266 e. The summed E-state index contributed by atoms with van der Waals surface area (Å²) >= 11 is 0. The Morgan fingerprint density at radius 1 is 1.07 bits per heavy atom. The van der Waals surface area contributed by atoms with Crippen LogP contribution in [0.15, 0.2) is 47.5 Å². The SMILES string of the molecule is Cc1cc(C)n(-c2ccc(=O)n(CC3CN(c4ncnc5cc(F)ccc45)C3)n2)n1. The lowest BCUT2D eigenvalue weighted by molar-refractivity contribution is 0.332. The number of rotatable bonds is 4. The van der Waals surface area contributed by atoms with Gasteiger partial charge in [0.25, 0.3) is 5.56 Å². The van der Waals surface area contributed by atoms with Gasteiger partial charge in [-0.3, -0.25) is 4.79 Å². The van der Waals surface area contributed by atoms with Gasteiger partial charge in [0.1, 0.15) is 18.0 Å². The Hall–Kier alpha value is -3.62. The van der Waals surface area contributed by atoms with E-state index in [9.17, 15) is 9.18 Å². The molecule has 0 saturated carbocycles. The first-order valence-electron chi connectivity index (χ1n) is 9.75. The van der Waals surface area contributed by atoms with Crippen molar-refractivity contribution in [3.05, 3.63) is 70.3 Å². The van der Waals surface area contributed by atoms with Crippen LogP contribution in [-0.4, -0.2) is 42.6 Å². The third-order valence-corrected chi connectivity index (χ3v) is 5.34. The highest BCUT2D eigenvalue weighted by Gasteiger charge is 2.30. The zero-order valence-corrected chi connectivity index (χ0v) is 16.7. The van der Waals surface area contributed by atoms with E-state index >= 15 is 0 Å². The van der Waals surface area contributed by atoms with E-state index in [0.717, 1.165) is 35.7 Å². The fourth-order valence-electron chi connectivity index (χ4n) is 3.91. The van der Waals surface area contributed by atoms with Crippen LogP contribution in [0.4, 0.5) is 10.2 Å². The lowest BCUT2D eigenvalue weighted by atomic mass is 9.99. The predicted octanol–water partition coefficient (Wildman–Crippen LogP) is 2.26. The molecule has 1 saturated heterocycles. The van der Waals surface area contributed by atoms with Gasteiger partial charge in [-0.15, -0.1) is 5.10 Å². The van der Waals surface area contributed by atoms with Crippen molar-refractivity contribution in [3.8, 4) is 5.82 Å². The zero-order chi connectivity index (χ0) is 20.8. The molecule has 0 aliphatic carbocycles. The lowest BCUT2D eigenvalue weighted by Crippen LogP contribution is -2.50. The van der Waals surface area contributed by atoms with E-state index in [4.69, 9.17) is 0 Å². The highest BCUT2D eigenvalue weighted by molar-refractivity contribution is 5.89. The Morgan fingerprint density at radius 3 is 2.67 bits per heavy atom. The molecule has 0 atom stereocenters. The third kappa shape index (κ3) is 3.22. The number of anilines is 1. The van der Waals surface area contributed by atoms with Crippen LogP contribution in [0, 0.1) is 25.6 Å². The molecule has 0 bridgehead atoms. The minimum absolute atomic E-state index is 0.137. The summed E-state index contributed by atoms with van der Waals surface area (Å²) in [5, 5.41) is 9.77. The van der Waals surface area contributed by atoms with Crippen LogP contribution < -0.4 is 10.5 Å². The van der Waals surface area contributed by atoms with Gasteiger partial charge in [0.2, 0.25) is 0 Å². The van der Waals surface area contributed by atoms with Crippen molar-refractivity contribution in [2.24, 2.45) is 5.92 Å². The molecule has 8 nitrogen and oxygen atoms in total. The molecule has 1 aliphatic rings. The van der Waals surface area contributed by atoms with Crippen molar-refractivity contribution < 1.29 is 4.39 Å². The highest BCUT2D eigenvalue weighted by Crippen LogP contribution is 2.29. The monoisotopic (exact) mass is 405 g/mol. The third-order valence-electron chi connectivity index (χ3n) is 5.34. The molecule has 4 heterocycles. The van der Waals surface area contributed by atoms with Crippen molar-refractivity contribution in [2.75, 3.05) is 18.0 Å². The highest BCUT2D eigenvalue weighted by atomic mass is 19.1. The number of benzene rings is 1. The second kappa shape index (κ2) is 7.01. The van der Waals surface area contributed by atoms with Crippen LogP contribution in [-0.2, 0) is 6.54 Å². The van der Waals surface area contributed by atoms with Gasteiger partial charge in [-0.1, -0.05) is 0 Å². The smallest absolute Gasteiger partial charge is 0.266 e. The Kier molecular flexibility index (Phi) is 4.30. The van der Waals surface area contributed by atoms with Gasteiger partial charge in [-0.05, 0) is 38.1 Å². The number of hydrogen-bond acceptors (Lipinski definition) is 6. The van der Waals surface area contributed by atoms with Crippen molar-refractivity contribution in [3.63, 3.8) is 0 Å². The van der Waals surface area contributed by atoms with Crippen molar-refractivity contribution in [1.29, 1.82) is 0 Å².